The summed E-state index contributed by atoms with van der Waals surface area (Å²) < 4.78 is 0. The van der Waals surface area contributed by atoms with Crippen LogP contribution < -0.4 is 16.0 Å². The van der Waals surface area contributed by atoms with Crippen LogP contribution in [0.4, 0.5) is 16.3 Å². The summed E-state index contributed by atoms with van der Waals surface area (Å²) >= 11 is 0. The molecule has 2 rings (SSSR count). The van der Waals surface area contributed by atoms with Crippen LogP contribution in [-0.4, -0.2) is 49.1 Å². The van der Waals surface area contributed by atoms with E-state index >= 15 is 0 Å². The number of aromatic nitrogens is 1. The molecule has 1 heterocycles. The number of nitrogens with one attached hydrogen (secondary N) is 3. The zero-order valence-electron chi connectivity index (χ0n) is 14.3. The molecule has 1 aromatic heterocycles. The van der Waals surface area contributed by atoms with Gasteiger partial charge in [0.1, 0.15) is 5.82 Å². The zero-order valence-corrected chi connectivity index (χ0v) is 14.3. The summed E-state index contributed by atoms with van der Waals surface area (Å²) in [5.74, 6) is 0.581. The largest absolute Gasteiger partial charge is 0.384 e. The number of carbonyl (C=O) groups excluding carboxylic acids is 1. The standard InChI is InChI=1S/C17H29N5O/c1-22(2)12-6-11-18-15-9-10-16(19-13-15)21-17(23)20-14-7-4-3-5-8-14/h9-10,13-14,18H,3-8,11-12H2,1-2H3,(H2,19,20,21,23). The Balaban J connectivity index is 1.70. The molecule has 2 amide bonds. The van der Waals surface area contributed by atoms with Crippen LogP contribution >= 0.6 is 0 Å². The van der Waals surface area contributed by atoms with Gasteiger partial charge in [0.25, 0.3) is 0 Å². The molecule has 1 aliphatic rings. The number of hydrogen-bond donors (Lipinski definition) is 3. The summed E-state index contributed by atoms with van der Waals surface area (Å²) in [7, 11) is 4.14. The molecule has 0 saturated heterocycles. The molecule has 6 nitrogen and oxygen atoms in total. The maximum absolute atomic E-state index is 12.0. The highest BCUT2D eigenvalue weighted by Gasteiger charge is 2.15. The van der Waals surface area contributed by atoms with E-state index in [-0.39, 0.29) is 6.03 Å². The fourth-order valence-electron chi connectivity index (χ4n) is 2.79. The number of rotatable bonds is 7. The molecule has 6 heteroatoms. The molecule has 0 aromatic carbocycles. The smallest absolute Gasteiger partial charge is 0.320 e. The second kappa shape index (κ2) is 9.35. The average molecular weight is 319 g/mol. The molecule has 0 spiro atoms. The van der Waals surface area contributed by atoms with Crippen molar-refractivity contribution < 1.29 is 4.79 Å². The maximum atomic E-state index is 12.0. The highest BCUT2D eigenvalue weighted by atomic mass is 16.2. The van der Waals surface area contributed by atoms with Crippen LogP contribution in [0.5, 0.6) is 0 Å². The molecule has 0 radical (unpaired) electrons. The molecule has 3 N–H and O–H groups in total. The van der Waals surface area contributed by atoms with Gasteiger partial charge in [0.15, 0.2) is 0 Å². The van der Waals surface area contributed by atoms with Crippen LogP contribution in [0.3, 0.4) is 0 Å². The average Bonchev–Trinajstić information content (AvgIpc) is 2.54. The van der Waals surface area contributed by atoms with Gasteiger partial charge in [-0.2, -0.15) is 0 Å². The molecule has 0 atom stereocenters. The minimum absolute atomic E-state index is 0.156. The summed E-state index contributed by atoms with van der Waals surface area (Å²) in [5.41, 5.74) is 0.974. The number of amides is 2. The van der Waals surface area contributed by atoms with E-state index in [9.17, 15) is 4.79 Å². The van der Waals surface area contributed by atoms with Crippen LogP contribution in [-0.2, 0) is 0 Å². The Bertz CT molecular complexity index is 468. The minimum Gasteiger partial charge on any atom is -0.384 e. The van der Waals surface area contributed by atoms with Crippen LogP contribution in [0, 0.1) is 0 Å². The Morgan fingerprint density at radius 2 is 2.04 bits per heavy atom. The lowest BCUT2D eigenvalue weighted by atomic mass is 9.96. The second-order valence-electron chi connectivity index (χ2n) is 6.45. The fraction of sp³-hybridized carbons (Fsp3) is 0.647. The van der Waals surface area contributed by atoms with Crippen molar-refractivity contribution in [3.05, 3.63) is 18.3 Å². The number of nitrogens with zero attached hydrogens (tertiary/aromatic N) is 2. The van der Waals surface area contributed by atoms with E-state index in [1.165, 1.54) is 19.3 Å². The third-order valence-corrected chi connectivity index (χ3v) is 4.06. The molecule has 0 aliphatic heterocycles. The summed E-state index contributed by atoms with van der Waals surface area (Å²) in [6.07, 6.45) is 8.69. The molecule has 128 valence electrons. The Labute approximate surface area is 139 Å². The molecule has 1 aromatic rings. The van der Waals surface area contributed by atoms with Crippen molar-refractivity contribution in [2.75, 3.05) is 37.8 Å². The first-order chi connectivity index (χ1) is 11.1. The number of urea groups is 1. The van der Waals surface area contributed by atoms with Gasteiger partial charge in [0.2, 0.25) is 0 Å². The van der Waals surface area contributed by atoms with E-state index < -0.39 is 0 Å². The third-order valence-electron chi connectivity index (χ3n) is 4.06. The van der Waals surface area contributed by atoms with Crippen molar-refractivity contribution >= 4 is 17.5 Å². The molecular formula is C17H29N5O. The molecule has 0 bridgehead atoms. The van der Waals surface area contributed by atoms with Gasteiger partial charge in [0, 0.05) is 12.6 Å². The Morgan fingerprint density at radius 3 is 2.70 bits per heavy atom. The normalized spacial score (nSPS) is 15.4. The number of pyridine rings is 1. The first-order valence-electron chi connectivity index (χ1n) is 8.55. The van der Waals surface area contributed by atoms with E-state index in [1.807, 2.05) is 12.1 Å². The molecule has 23 heavy (non-hydrogen) atoms. The van der Waals surface area contributed by atoms with Gasteiger partial charge in [0.05, 0.1) is 11.9 Å². The number of anilines is 2. The fourth-order valence-corrected chi connectivity index (χ4v) is 2.79. The van der Waals surface area contributed by atoms with Gasteiger partial charge in [-0.15, -0.1) is 0 Å². The van der Waals surface area contributed by atoms with E-state index in [2.05, 4.69) is 39.9 Å². The first kappa shape index (κ1) is 17.5. The highest BCUT2D eigenvalue weighted by Crippen LogP contribution is 2.17. The monoisotopic (exact) mass is 319 g/mol. The van der Waals surface area contributed by atoms with Crippen molar-refractivity contribution in [3.8, 4) is 0 Å². The third kappa shape index (κ3) is 6.86. The van der Waals surface area contributed by atoms with E-state index in [4.69, 9.17) is 0 Å². The van der Waals surface area contributed by atoms with Crippen molar-refractivity contribution in [1.29, 1.82) is 0 Å². The zero-order chi connectivity index (χ0) is 16.5. The van der Waals surface area contributed by atoms with Crippen molar-refractivity contribution in [3.63, 3.8) is 0 Å². The first-order valence-corrected chi connectivity index (χ1v) is 8.55. The molecule has 0 unspecified atom stereocenters. The second-order valence-corrected chi connectivity index (χ2v) is 6.45. The Kier molecular flexibility index (Phi) is 7.13. The van der Waals surface area contributed by atoms with Crippen LogP contribution in [0.15, 0.2) is 18.3 Å². The highest BCUT2D eigenvalue weighted by molar-refractivity contribution is 5.88. The molecule has 1 aliphatic carbocycles. The van der Waals surface area contributed by atoms with Crippen molar-refractivity contribution in [2.24, 2.45) is 0 Å². The topological polar surface area (TPSA) is 69.3 Å². The van der Waals surface area contributed by atoms with Crippen LogP contribution in [0.25, 0.3) is 0 Å². The molecule has 1 saturated carbocycles. The van der Waals surface area contributed by atoms with Gasteiger partial charge in [-0.05, 0) is 52.0 Å². The van der Waals surface area contributed by atoms with E-state index in [0.29, 0.717) is 11.9 Å². The van der Waals surface area contributed by atoms with Gasteiger partial charge in [-0.25, -0.2) is 9.78 Å². The molecular weight excluding hydrogens is 290 g/mol. The minimum atomic E-state index is -0.156. The van der Waals surface area contributed by atoms with Gasteiger partial charge >= 0.3 is 6.03 Å². The van der Waals surface area contributed by atoms with E-state index in [0.717, 1.165) is 38.0 Å². The lowest BCUT2D eigenvalue weighted by Crippen LogP contribution is -2.39. The summed E-state index contributed by atoms with van der Waals surface area (Å²) in [4.78, 5) is 18.4. The Morgan fingerprint density at radius 1 is 1.26 bits per heavy atom. The van der Waals surface area contributed by atoms with Crippen molar-refractivity contribution in [1.82, 2.24) is 15.2 Å². The van der Waals surface area contributed by atoms with Crippen LogP contribution in [0.1, 0.15) is 38.5 Å². The predicted octanol–water partition coefficient (Wildman–Crippen LogP) is 2.90. The number of hydrogen-bond acceptors (Lipinski definition) is 4. The van der Waals surface area contributed by atoms with Gasteiger partial charge in [-0.3, -0.25) is 5.32 Å². The predicted molar refractivity (Wildman–Crippen MR) is 94.9 cm³/mol. The summed E-state index contributed by atoms with van der Waals surface area (Å²) in [6.45, 7) is 1.97. The number of carbonyl (C=O) groups is 1. The van der Waals surface area contributed by atoms with Crippen molar-refractivity contribution in [2.45, 2.75) is 44.6 Å². The quantitative estimate of drug-likeness (QED) is 0.676. The lowest BCUT2D eigenvalue weighted by Gasteiger charge is -2.22. The lowest BCUT2D eigenvalue weighted by molar-refractivity contribution is 0.244. The summed E-state index contributed by atoms with van der Waals surface area (Å²) in [5, 5.41) is 9.16. The van der Waals surface area contributed by atoms with Gasteiger partial charge in [-0.1, -0.05) is 19.3 Å². The SMILES string of the molecule is CN(C)CCCNc1ccc(NC(=O)NC2CCCCC2)nc1. The Hall–Kier alpha value is -1.82. The van der Waals surface area contributed by atoms with E-state index in [1.54, 1.807) is 6.20 Å². The molecule has 1 fully saturated rings. The summed E-state index contributed by atoms with van der Waals surface area (Å²) in [6, 6.07) is 3.92. The van der Waals surface area contributed by atoms with Gasteiger partial charge < -0.3 is 15.5 Å². The van der Waals surface area contributed by atoms with Crippen LogP contribution in [0.2, 0.25) is 0 Å². The maximum Gasteiger partial charge on any atom is 0.320 e.